The van der Waals surface area contributed by atoms with Gasteiger partial charge in [0.15, 0.2) is 5.96 Å². The molecule has 1 unspecified atom stereocenters. The van der Waals surface area contributed by atoms with Crippen LogP contribution in [0.2, 0.25) is 0 Å². The normalized spacial score (nSPS) is 20.3. The lowest BCUT2D eigenvalue weighted by atomic mass is 9.80. The second kappa shape index (κ2) is 10.5. The lowest BCUT2D eigenvalue weighted by Gasteiger charge is -2.33. The number of ether oxygens (including phenoxy) is 2. The minimum atomic E-state index is -0.256. The molecule has 0 aliphatic carbocycles. The first-order chi connectivity index (χ1) is 12.6. The molecular weight excluding hydrogens is 460 g/mol. The van der Waals surface area contributed by atoms with Crippen molar-refractivity contribution < 1.29 is 13.9 Å². The number of aliphatic imine (C=N–C) groups is 1. The zero-order valence-corrected chi connectivity index (χ0v) is 18.6. The molecule has 2 aliphatic heterocycles. The van der Waals surface area contributed by atoms with Crippen LogP contribution in [0.25, 0.3) is 0 Å². The first kappa shape index (κ1) is 22.2. The number of hydrogen-bond acceptors (Lipinski definition) is 3. The minimum absolute atomic E-state index is 0. The molecule has 7 heteroatoms. The van der Waals surface area contributed by atoms with Crippen LogP contribution in [0.3, 0.4) is 0 Å². The topological polar surface area (TPSA) is 46.1 Å². The molecule has 1 aromatic rings. The van der Waals surface area contributed by atoms with Gasteiger partial charge in [-0.15, -0.1) is 24.0 Å². The highest BCUT2D eigenvalue weighted by Gasteiger charge is 2.40. The van der Waals surface area contributed by atoms with E-state index >= 15 is 0 Å². The molecule has 152 valence electrons. The molecule has 0 bridgehead atoms. The summed E-state index contributed by atoms with van der Waals surface area (Å²) in [5.41, 5.74) is 0.394. The van der Waals surface area contributed by atoms with Crippen molar-refractivity contribution in [1.82, 2.24) is 10.2 Å². The summed E-state index contributed by atoms with van der Waals surface area (Å²) >= 11 is 0. The SMILES string of the molecule is CCNC(=NCC(C)Oc1ccc(F)cc1)N1CCC2(CCOCC2)C1.I. The molecule has 1 N–H and O–H groups in total. The zero-order valence-electron chi connectivity index (χ0n) is 16.2. The average Bonchev–Trinajstić information content (AvgIpc) is 3.04. The monoisotopic (exact) mass is 491 g/mol. The summed E-state index contributed by atoms with van der Waals surface area (Å²) in [6.07, 6.45) is 3.43. The van der Waals surface area contributed by atoms with E-state index in [1.54, 1.807) is 12.1 Å². The molecule has 0 radical (unpaired) electrons. The third-order valence-corrected chi connectivity index (χ3v) is 5.28. The second-order valence-corrected chi connectivity index (χ2v) is 7.36. The van der Waals surface area contributed by atoms with E-state index in [1.165, 1.54) is 18.6 Å². The summed E-state index contributed by atoms with van der Waals surface area (Å²) in [4.78, 5) is 7.16. The molecule has 2 heterocycles. The fourth-order valence-electron chi connectivity index (χ4n) is 3.75. The van der Waals surface area contributed by atoms with Gasteiger partial charge in [0, 0.05) is 32.8 Å². The van der Waals surface area contributed by atoms with Crippen LogP contribution in [0.15, 0.2) is 29.3 Å². The van der Waals surface area contributed by atoms with Crippen molar-refractivity contribution in [2.45, 2.75) is 39.2 Å². The van der Waals surface area contributed by atoms with Crippen LogP contribution in [0, 0.1) is 11.2 Å². The fraction of sp³-hybridized carbons (Fsp3) is 0.650. The van der Waals surface area contributed by atoms with Crippen LogP contribution in [0.1, 0.15) is 33.1 Å². The first-order valence-corrected chi connectivity index (χ1v) is 9.63. The maximum Gasteiger partial charge on any atom is 0.194 e. The van der Waals surface area contributed by atoms with Crippen molar-refractivity contribution in [2.75, 3.05) is 39.4 Å². The molecule has 1 atom stereocenters. The largest absolute Gasteiger partial charge is 0.489 e. The number of benzene rings is 1. The van der Waals surface area contributed by atoms with Gasteiger partial charge in [0.2, 0.25) is 0 Å². The predicted molar refractivity (Wildman–Crippen MR) is 117 cm³/mol. The van der Waals surface area contributed by atoms with Gasteiger partial charge in [0.1, 0.15) is 17.7 Å². The molecule has 3 rings (SSSR count). The number of nitrogens with one attached hydrogen (secondary N) is 1. The maximum atomic E-state index is 13.0. The van der Waals surface area contributed by atoms with Gasteiger partial charge < -0.3 is 19.7 Å². The van der Waals surface area contributed by atoms with Crippen LogP contribution < -0.4 is 10.1 Å². The van der Waals surface area contributed by atoms with Crippen LogP contribution in [-0.4, -0.2) is 56.4 Å². The summed E-state index contributed by atoms with van der Waals surface area (Å²) in [7, 11) is 0. The van der Waals surface area contributed by atoms with Gasteiger partial charge in [-0.3, -0.25) is 0 Å². The summed E-state index contributed by atoms with van der Waals surface area (Å²) in [6.45, 7) is 9.34. The Labute approximate surface area is 178 Å². The zero-order chi connectivity index (χ0) is 18.4. The lowest BCUT2D eigenvalue weighted by molar-refractivity contribution is 0.0217. The molecule has 5 nitrogen and oxygen atoms in total. The Kier molecular flexibility index (Phi) is 8.60. The highest BCUT2D eigenvalue weighted by Crippen LogP contribution is 2.39. The molecule has 2 saturated heterocycles. The average molecular weight is 491 g/mol. The quantitative estimate of drug-likeness (QED) is 0.388. The van der Waals surface area contributed by atoms with E-state index in [1.807, 2.05) is 6.92 Å². The predicted octanol–water partition coefficient (Wildman–Crippen LogP) is 3.68. The van der Waals surface area contributed by atoms with Crippen LogP contribution >= 0.6 is 24.0 Å². The summed E-state index contributed by atoms with van der Waals surface area (Å²) in [5.74, 6) is 1.38. The van der Waals surface area contributed by atoms with Crippen LogP contribution in [-0.2, 0) is 4.74 Å². The summed E-state index contributed by atoms with van der Waals surface area (Å²) < 4.78 is 24.4. The van der Waals surface area contributed by atoms with E-state index in [0.717, 1.165) is 51.6 Å². The Bertz CT molecular complexity index is 606. The molecule has 1 spiro atoms. The van der Waals surface area contributed by atoms with Gasteiger partial charge in [0.25, 0.3) is 0 Å². The highest BCUT2D eigenvalue weighted by molar-refractivity contribution is 14.0. The summed E-state index contributed by atoms with van der Waals surface area (Å²) in [5, 5.41) is 3.41. The smallest absolute Gasteiger partial charge is 0.194 e. The molecule has 0 amide bonds. The Morgan fingerprint density at radius 2 is 2.00 bits per heavy atom. The molecule has 2 fully saturated rings. The Hall–Kier alpha value is -1.09. The van der Waals surface area contributed by atoms with Gasteiger partial charge in [-0.2, -0.15) is 0 Å². The Balaban J connectivity index is 0.00000261. The van der Waals surface area contributed by atoms with E-state index in [0.29, 0.717) is 17.7 Å². The fourth-order valence-corrected chi connectivity index (χ4v) is 3.75. The van der Waals surface area contributed by atoms with Crippen molar-refractivity contribution >= 4 is 29.9 Å². The van der Waals surface area contributed by atoms with Gasteiger partial charge in [-0.05, 0) is 62.8 Å². The number of likely N-dealkylation sites (tertiary alicyclic amines) is 1. The van der Waals surface area contributed by atoms with E-state index in [4.69, 9.17) is 14.5 Å². The molecule has 0 aromatic heterocycles. The third kappa shape index (κ3) is 6.20. The number of rotatable bonds is 5. The molecular formula is C20H31FIN3O2. The van der Waals surface area contributed by atoms with Crippen LogP contribution in [0.5, 0.6) is 5.75 Å². The molecule has 1 aromatic carbocycles. The van der Waals surface area contributed by atoms with Crippen molar-refractivity contribution in [2.24, 2.45) is 10.4 Å². The lowest BCUT2D eigenvalue weighted by Crippen LogP contribution is -2.42. The minimum Gasteiger partial charge on any atom is -0.489 e. The van der Waals surface area contributed by atoms with E-state index in [9.17, 15) is 4.39 Å². The van der Waals surface area contributed by atoms with Gasteiger partial charge in [-0.1, -0.05) is 0 Å². The molecule has 2 aliphatic rings. The van der Waals surface area contributed by atoms with Gasteiger partial charge in [-0.25, -0.2) is 9.38 Å². The number of nitrogens with zero attached hydrogens (tertiary/aromatic N) is 2. The Morgan fingerprint density at radius 1 is 1.30 bits per heavy atom. The van der Waals surface area contributed by atoms with Gasteiger partial charge in [0.05, 0.1) is 6.54 Å². The molecule has 0 saturated carbocycles. The van der Waals surface area contributed by atoms with Gasteiger partial charge >= 0.3 is 0 Å². The van der Waals surface area contributed by atoms with E-state index in [2.05, 4.69) is 17.1 Å². The standard InChI is InChI=1S/C20H30FN3O2.HI/c1-3-22-19(24-11-8-20(15-24)9-12-25-13-10-20)23-14-16(2)26-18-6-4-17(21)5-7-18;/h4-7,16H,3,8-15H2,1-2H3,(H,22,23);1H. The second-order valence-electron chi connectivity index (χ2n) is 7.36. The van der Waals surface area contributed by atoms with Crippen molar-refractivity contribution in [3.63, 3.8) is 0 Å². The van der Waals surface area contributed by atoms with Crippen molar-refractivity contribution in [1.29, 1.82) is 0 Å². The first-order valence-electron chi connectivity index (χ1n) is 9.63. The number of halogens is 2. The number of guanidine groups is 1. The highest BCUT2D eigenvalue weighted by atomic mass is 127. The third-order valence-electron chi connectivity index (χ3n) is 5.28. The Morgan fingerprint density at radius 3 is 2.67 bits per heavy atom. The maximum absolute atomic E-state index is 13.0. The summed E-state index contributed by atoms with van der Waals surface area (Å²) in [6, 6.07) is 6.12. The number of hydrogen-bond donors (Lipinski definition) is 1. The van der Waals surface area contributed by atoms with Crippen molar-refractivity contribution in [3.05, 3.63) is 30.1 Å². The van der Waals surface area contributed by atoms with Crippen molar-refractivity contribution in [3.8, 4) is 5.75 Å². The van der Waals surface area contributed by atoms with Crippen LogP contribution in [0.4, 0.5) is 4.39 Å². The van der Waals surface area contributed by atoms with E-state index < -0.39 is 0 Å². The van der Waals surface area contributed by atoms with E-state index in [-0.39, 0.29) is 35.9 Å². The molecule has 27 heavy (non-hydrogen) atoms.